The molecule has 2 rings (SSSR count). The Labute approximate surface area is 147 Å². The summed E-state index contributed by atoms with van der Waals surface area (Å²) < 4.78 is 5.71. The molecule has 24 heavy (non-hydrogen) atoms. The molecule has 0 unspecified atom stereocenters. The van der Waals surface area contributed by atoms with Crippen LogP contribution in [0.25, 0.3) is 0 Å². The number of fused-ring (bicyclic) bond motifs is 1. The average molecular weight is 337 g/mol. The molecule has 0 radical (unpaired) electrons. The fraction of sp³-hybridized carbons (Fsp3) is 0.857. The molecule has 0 saturated heterocycles. The summed E-state index contributed by atoms with van der Waals surface area (Å²) in [5.74, 6) is 0.861. The van der Waals surface area contributed by atoms with Gasteiger partial charge in [0.1, 0.15) is 0 Å². The Hall–Kier alpha value is -0.830. The number of carboxylic acids is 1. The van der Waals surface area contributed by atoms with Crippen molar-refractivity contribution in [3.63, 3.8) is 0 Å². The minimum Gasteiger partial charge on any atom is -0.481 e. The van der Waals surface area contributed by atoms with Crippen molar-refractivity contribution in [1.82, 2.24) is 0 Å². The van der Waals surface area contributed by atoms with Crippen LogP contribution in [-0.4, -0.2) is 24.3 Å². The van der Waals surface area contributed by atoms with Gasteiger partial charge in [-0.15, -0.1) is 0 Å². The summed E-state index contributed by atoms with van der Waals surface area (Å²) in [5, 5.41) is 9.04. The second-order valence-corrected chi connectivity index (χ2v) is 9.02. The third-order valence-corrected chi connectivity index (χ3v) is 7.59. The molecule has 0 aliphatic heterocycles. The van der Waals surface area contributed by atoms with Crippen LogP contribution in [0.1, 0.15) is 73.1 Å². The topological polar surface area (TPSA) is 46.5 Å². The van der Waals surface area contributed by atoms with Gasteiger partial charge in [0.15, 0.2) is 0 Å². The predicted molar refractivity (Wildman–Crippen MR) is 97.9 cm³/mol. The van der Waals surface area contributed by atoms with Crippen LogP contribution < -0.4 is 0 Å². The summed E-state index contributed by atoms with van der Waals surface area (Å²) >= 11 is 0. The Kier molecular flexibility index (Phi) is 5.84. The summed E-state index contributed by atoms with van der Waals surface area (Å²) in [7, 11) is 1.82. The van der Waals surface area contributed by atoms with E-state index in [9.17, 15) is 4.79 Å². The van der Waals surface area contributed by atoms with E-state index < -0.39 is 5.97 Å². The van der Waals surface area contributed by atoms with Crippen LogP contribution >= 0.6 is 0 Å². The van der Waals surface area contributed by atoms with Crippen molar-refractivity contribution in [2.75, 3.05) is 7.11 Å². The molecule has 2 aliphatic rings. The second kappa shape index (κ2) is 7.19. The molecule has 0 amide bonds. The van der Waals surface area contributed by atoms with Gasteiger partial charge in [-0.05, 0) is 67.6 Å². The van der Waals surface area contributed by atoms with E-state index in [0.29, 0.717) is 11.8 Å². The van der Waals surface area contributed by atoms with Gasteiger partial charge in [-0.2, -0.15) is 0 Å². The minimum absolute atomic E-state index is 0.226. The van der Waals surface area contributed by atoms with Crippen molar-refractivity contribution in [2.24, 2.45) is 28.6 Å². The number of aliphatic carboxylic acids is 1. The molecule has 0 aromatic rings. The standard InChI is InChI=1S/C21H36O3/c1-14(11-19(22)23)7-9-20(4)15(2)8-10-21(5)16(3)12-17(24-6)13-18(20)21/h12,14-15,17-18H,7-11,13H2,1-6H3,(H,22,23)/t14-,15+,17-,18+,20-,21-/m0/s1. The predicted octanol–water partition coefficient (Wildman–Crippen LogP) is 5.30. The number of carboxylic acid groups (broad SMARTS) is 1. The molecule has 1 fully saturated rings. The quantitative estimate of drug-likeness (QED) is 0.669. The van der Waals surface area contributed by atoms with Gasteiger partial charge in [0.25, 0.3) is 0 Å². The van der Waals surface area contributed by atoms with Gasteiger partial charge in [-0.1, -0.05) is 39.3 Å². The van der Waals surface area contributed by atoms with Crippen LogP contribution in [0.4, 0.5) is 0 Å². The molecule has 0 aromatic heterocycles. The molecule has 2 aliphatic carbocycles. The molecule has 0 heterocycles. The second-order valence-electron chi connectivity index (χ2n) is 9.02. The molecule has 3 heteroatoms. The van der Waals surface area contributed by atoms with Gasteiger partial charge >= 0.3 is 5.97 Å². The number of methoxy groups -OCH3 is 1. The van der Waals surface area contributed by atoms with Crippen LogP contribution in [0.5, 0.6) is 0 Å². The zero-order chi connectivity index (χ0) is 18.1. The lowest BCUT2D eigenvalue weighted by molar-refractivity contribution is -0.138. The maximum atomic E-state index is 11.0. The highest BCUT2D eigenvalue weighted by Gasteiger charge is 2.54. The van der Waals surface area contributed by atoms with Gasteiger partial charge in [-0.3, -0.25) is 4.79 Å². The van der Waals surface area contributed by atoms with Crippen LogP contribution in [-0.2, 0) is 9.53 Å². The number of allylic oxidation sites excluding steroid dienone is 1. The number of hydrogen-bond acceptors (Lipinski definition) is 2. The first-order valence-corrected chi connectivity index (χ1v) is 9.57. The van der Waals surface area contributed by atoms with E-state index in [0.717, 1.165) is 19.3 Å². The van der Waals surface area contributed by atoms with Crippen molar-refractivity contribution in [3.05, 3.63) is 11.6 Å². The minimum atomic E-state index is -0.676. The number of rotatable bonds is 6. The monoisotopic (exact) mass is 336 g/mol. The summed E-state index contributed by atoms with van der Waals surface area (Å²) in [4.78, 5) is 11.0. The van der Waals surface area contributed by atoms with Crippen molar-refractivity contribution in [1.29, 1.82) is 0 Å². The largest absolute Gasteiger partial charge is 0.481 e. The number of ether oxygens (including phenoxy) is 1. The zero-order valence-corrected chi connectivity index (χ0v) is 16.4. The molecule has 0 bridgehead atoms. The van der Waals surface area contributed by atoms with Crippen LogP contribution in [0.15, 0.2) is 11.6 Å². The van der Waals surface area contributed by atoms with Gasteiger partial charge in [-0.25, -0.2) is 0 Å². The fourth-order valence-electron chi connectivity index (χ4n) is 5.40. The van der Waals surface area contributed by atoms with Gasteiger partial charge in [0.05, 0.1) is 6.10 Å². The van der Waals surface area contributed by atoms with Crippen molar-refractivity contribution in [2.45, 2.75) is 79.2 Å². The summed E-state index contributed by atoms with van der Waals surface area (Å²) in [6.07, 6.45) is 8.58. The van der Waals surface area contributed by atoms with Crippen LogP contribution in [0.3, 0.4) is 0 Å². The highest BCUT2D eigenvalue weighted by atomic mass is 16.5. The van der Waals surface area contributed by atoms with Crippen molar-refractivity contribution < 1.29 is 14.6 Å². The van der Waals surface area contributed by atoms with Gasteiger partial charge < -0.3 is 9.84 Å². The normalized spacial score (nSPS) is 40.6. The third kappa shape index (κ3) is 3.56. The van der Waals surface area contributed by atoms with Crippen LogP contribution in [0, 0.1) is 28.6 Å². The molecule has 1 N–H and O–H groups in total. The molecular formula is C21H36O3. The van der Waals surface area contributed by atoms with Gasteiger partial charge in [0, 0.05) is 13.5 Å². The SMILES string of the molecule is CO[C@H]1C=C(C)[C@]2(C)CC[C@@H](C)[C@](C)(CC[C@H](C)CC(=O)O)[C@H]2C1. The highest BCUT2D eigenvalue weighted by molar-refractivity contribution is 5.66. The Balaban J connectivity index is 2.22. The lowest BCUT2D eigenvalue weighted by Crippen LogP contribution is -2.51. The van der Waals surface area contributed by atoms with Crippen molar-refractivity contribution in [3.8, 4) is 0 Å². The van der Waals surface area contributed by atoms with E-state index >= 15 is 0 Å². The molecular weight excluding hydrogens is 300 g/mol. The highest BCUT2D eigenvalue weighted by Crippen LogP contribution is 2.62. The fourth-order valence-corrected chi connectivity index (χ4v) is 5.40. The maximum absolute atomic E-state index is 11.0. The first-order chi connectivity index (χ1) is 11.1. The Bertz CT molecular complexity index is 497. The summed E-state index contributed by atoms with van der Waals surface area (Å²) in [6.45, 7) is 11.7. The summed E-state index contributed by atoms with van der Waals surface area (Å²) in [5.41, 5.74) is 2.01. The van der Waals surface area contributed by atoms with E-state index in [1.165, 1.54) is 18.4 Å². The molecule has 1 saturated carbocycles. The number of carbonyl (C=O) groups is 1. The molecule has 0 aromatic carbocycles. The molecule has 138 valence electrons. The Morgan fingerprint density at radius 1 is 1.46 bits per heavy atom. The lowest BCUT2D eigenvalue weighted by Gasteiger charge is -2.59. The van der Waals surface area contributed by atoms with E-state index in [4.69, 9.17) is 9.84 Å². The van der Waals surface area contributed by atoms with E-state index in [1.54, 1.807) is 0 Å². The van der Waals surface area contributed by atoms with Gasteiger partial charge in [0.2, 0.25) is 0 Å². The molecule has 6 atom stereocenters. The van der Waals surface area contributed by atoms with Crippen molar-refractivity contribution >= 4 is 5.97 Å². The number of hydrogen-bond donors (Lipinski definition) is 1. The lowest BCUT2D eigenvalue weighted by atomic mass is 9.46. The Morgan fingerprint density at radius 3 is 2.71 bits per heavy atom. The zero-order valence-electron chi connectivity index (χ0n) is 16.4. The van der Waals surface area contributed by atoms with E-state index in [1.807, 2.05) is 7.11 Å². The maximum Gasteiger partial charge on any atom is 0.303 e. The first-order valence-electron chi connectivity index (χ1n) is 9.57. The molecule has 0 spiro atoms. The third-order valence-electron chi connectivity index (χ3n) is 7.59. The first kappa shape index (κ1) is 19.5. The Morgan fingerprint density at radius 2 is 2.12 bits per heavy atom. The van der Waals surface area contributed by atoms with E-state index in [2.05, 4.69) is 40.7 Å². The smallest absolute Gasteiger partial charge is 0.303 e. The van der Waals surface area contributed by atoms with E-state index in [-0.39, 0.29) is 29.3 Å². The molecule has 3 nitrogen and oxygen atoms in total. The van der Waals surface area contributed by atoms with Crippen LogP contribution in [0.2, 0.25) is 0 Å². The summed E-state index contributed by atoms with van der Waals surface area (Å²) in [6, 6.07) is 0. The average Bonchev–Trinajstić information content (AvgIpc) is 2.51.